The Labute approximate surface area is 187 Å². The smallest absolute Gasteiger partial charge is 0.335 e. The van der Waals surface area contributed by atoms with Crippen molar-refractivity contribution in [2.75, 3.05) is 0 Å². The molecule has 0 saturated heterocycles. The summed E-state index contributed by atoms with van der Waals surface area (Å²) in [7, 11) is 0. The minimum absolute atomic E-state index is 0.145. The van der Waals surface area contributed by atoms with Gasteiger partial charge in [0.25, 0.3) is 0 Å². The number of halogens is 1. The first-order valence-corrected chi connectivity index (χ1v) is 10.2. The van der Waals surface area contributed by atoms with Crippen LogP contribution in [-0.2, 0) is 13.1 Å². The predicted molar refractivity (Wildman–Crippen MR) is 119 cm³/mol. The highest BCUT2D eigenvalue weighted by Crippen LogP contribution is 2.22. The van der Waals surface area contributed by atoms with Gasteiger partial charge in [0.05, 0.1) is 24.6 Å². The van der Waals surface area contributed by atoms with Gasteiger partial charge in [0.15, 0.2) is 0 Å². The van der Waals surface area contributed by atoms with E-state index in [9.17, 15) is 9.59 Å². The molecule has 0 radical (unpaired) electrons. The zero-order valence-electron chi connectivity index (χ0n) is 17.1. The molecular formula is C22H19ClN6O3. The SMILES string of the molecule is CCn1c(=O)[nH]/c(=N\c2ccc(Oc3ccnnc3)cc2)n(Cc2ccc(Cl)cc2)c1=O. The Morgan fingerprint density at radius 3 is 2.38 bits per heavy atom. The first kappa shape index (κ1) is 21.3. The highest BCUT2D eigenvalue weighted by Gasteiger charge is 2.09. The van der Waals surface area contributed by atoms with E-state index in [2.05, 4.69) is 20.2 Å². The Bertz CT molecular complexity index is 1390. The van der Waals surface area contributed by atoms with E-state index < -0.39 is 11.4 Å². The molecule has 9 nitrogen and oxygen atoms in total. The average molecular weight is 451 g/mol. The van der Waals surface area contributed by atoms with Crippen molar-refractivity contribution in [3.63, 3.8) is 0 Å². The van der Waals surface area contributed by atoms with Crippen molar-refractivity contribution in [2.24, 2.45) is 4.99 Å². The van der Waals surface area contributed by atoms with Crippen LogP contribution >= 0.6 is 11.6 Å². The molecule has 0 aliphatic heterocycles. The van der Waals surface area contributed by atoms with Gasteiger partial charge >= 0.3 is 11.4 Å². The fourth-order valence-electron chi connectivity index (χ4n) is 3.02. The van der Waals surface area contributed by atoms with E-state index >= 15 is 0 Å². The zero-order chi connectivity index (χ0) is 22.5. The van der Waals surface area contributed by atoms with Crippen molar-refractivity contribution in [3.05, 3.63) is 104 Å². The fourth-order valence-corrected chi connectivity index (χ4v) is 3.15. The molecule has 1 N–H and O–H groups in total. The highest BCUT2D eigenvalue weighted by molar-refractivity contribution is 6.30. The Morgan fingerprint density at radius 2 is 1.72 bits per heavy atom. The molecule has 10 heteroatoms. The largest absolute Gasteiger partial charge is 0.456 e. The Balaban J connectivity index is 1.72. The number of hydrogen-bond acceptors (Lipinski definition) is 6. The summed E-state index contributed by atoms with van der Waals surface area (Å²) in [5.74, 6) is 1.14. The van der Waals surface area contributed by atoms with E-state index in [1.165, 1.54) is 17.0 Å². The van der Waals surface area contributed by atoms with Crippen molar-refractivity contribution in [2.45, 2.75) is 20.0 Å². The third kappa shape index (κ3) is 4.84. The molecule has 0 saturated carbocycles. The summed E-state index contributed by atoms with van der Waals surface area (Å²) in [6, 6.07) is 15.7. The second-order valence-electron chi connectivity index (χ2n) is 6.78. The van der Waals surface area contributed by atoms with Crippen LogP contribution < -0.4 is 21.7 Å². The molecule has 32 heavy (non-hydrogen) atoms. The number of nitrogens with zero attached hydrogens (tertiary/aromatic N) is 5. The van der Waals surface area contributed by atoms with Crippen LogP contribution in [-0.4, -0.2) is 24.3 Å². The lowest BCUT2D eigenvalue weighted by Crippen LogP contribution is -2.49. The number of aromatic nitrogens is 5. The minimum Gasteiger partial charge on any atom is -0.456 e. The predicted octanol–water partition coefficient (Wildman–Crippen LogP) is 2.87. The second kappa shape index (κ2) is 9.44. The van der Waals surface area contributed by atoms with Gasteiger partial charge in [0, 0.05) is 17.6 Å². The summed E-state index contributed by atoms with van der Waals surface area (Å²) in [5, 5.41) is 8.07. The maximum absolute atomic E-state index is 12.9. The molecule has 162 valence electrons. The van der Waals surface area contributed by atoms with Gasteiger partial charge in [-0.05, 0) is 48.9 Å². The molecular weight excluding hydrogens is 432 g/mol. The summed E-state index contributed by atoms with van der Waals surface area (Å²) in [5.41, 5.74) is 0.562. The van der Waals surface area contributed by atoms with Gasteiger partial charge in [-0.3, -0.25) is 9.55 Å². The molecule has 2 aromatic carbocycles. The zero-order valence-corrected chi connectivity index (χ0v) is 17.9. The van der Waals surface area contributed by atoms with Crippen molar-refractivity contribution in [1.82, 2.24) is 24.3 Å². The molecule has 2 aromatic heterocycles. The molecule has 0 fully saturated rings. The van der Waals surface area contributed by atoms with Crippen LogP contribution in [0.25, 0.3) is 0 Å². The maximum Gasteiger partial charge on any atom is 0.335 e. The number of aromatic amines is 1. The lowest BCUT2D eigenvalue weighted by Gasteiger charge is -2.10. The Morgan fingerprint density at radius 1 is 0.969 bits per heavy atom. The van der Waals surface area contributed by atoms with E-state index in [4.69, 9.17) is 16.3 Å². The van der Waals surface area contributed by atoms with Crippen molar-refractivity contribution in [1.29, 1.82) is 0 Å². The molecule has 4 rings (SSSR count). The van der Waals surface area contributed by atoms with E-state index in [1.807, 2.05) is 12.1 Å². The van der Waals surface area contributed by atoms with E-state index in [-0.39, 0.29) is 18.7 Å². The van der Waals surface area contributed by atoms with E-state index in [1.54, 1.807) is 49.4 Å². The van der Waals surface area contributed by atoms with Gasteiger partial charge in [0.1, 0.15) is 11.5 Å². The lowest BCUT2D eigenvalue weighted by atomic mass is 10.2. The van der Waals surface area contributed by atoms with E-state index in [0.717, 1.165) is 10.1 Å². The third-order valence-electron chi connectivity index (χ3n) is 4.62. The summed E-state index contributed by atoms with van der Waals surface area (Å²) in [6.07, 6.45) is 3.04. The topological polar surface area (TPSA) is 107 Å². The first-order chi connectivity index (χ1) is 15.5. The van der Waals surface area contributed by atoms with Gasteiger partial charge in [-0.1, -0.05) is 23.7 Å². The van der Waals surface area contributed by atoms with Gasteiger partial charge < -0.3 is 4.74 Å². The van der Waals surface area contributed by atoms with Gasteiger partial charge in [-0.2, -0.15) is 10.2 Å². The molecule has 0 amide bonds. The summed E-state index contributed by atoms with van der Waals surface area (Å²) < 4.78 is 8.23. The molecule has 4 aromatic rings. The van der Waals surface area contributed by atoms with Crippen molar-refractivity contribution < 1.29 is 4.74 Å². The normalized spacial score (nSPS) is 11.5. The molecule has 0 spiro atoms. The molecule has 2 heterocycles. The number of benzene rings is 2. The Kier molecular flexibility index (Phi) is 6.27. The minimum atomic E-state index is -0.520. The standard InChI is InChI=1S/C22H19ClN6O3/c1-2-28-21(30)27-20(29(22(28)31)14-15-3-5-16(23)6-4-15)26-17-7-9-18(10-8-17)32-19-11-12-24-25-13-19/h3-13H,2,14H2,1H3,(H,26,27,30). The van der Waals surface area contributed by atoms with Gasteiger partial charge in [-0.25, -0.2) is 19.1 Å². The average Bonchev–Trinajstić information content (AvgIpc) is 2.80. The summed E-state index contributed by atoms with van der Waals surface area (Å²) in [4.78, 5) is 32.5. The first-order valence-electron chi connectivity index (χ1n) is 9.81. The molecule has 0 atom stereocenters. The van der Waals surface area contributed by atoms with Crippen molar-refractivity contribution >= 4 is 17.3 Å². The van der Waals surface area contributed by atoms with Crippen LogP contribution in [0, 0.1) is 0 Å². The number of rotatable bonds is 6. The lowest BCUT2D eigenvalue weighted by molar-refractivity contribution is 0.478. The van der Waals surface area contributed by atoms with Gasteiger partial charge in [-0.15, -0.1) is 0 Å². The van der Waals surface area contributed by atoms with Crippen molar-refractivity contribution in [3.8, 4) is 11.5 Å². The number of H-pyrrole nitrogens is 1. The third-order valence-corrected chi connectivity index (χ3v) is 4.87. The summed E-state index contributed by atoms with van der Waals surface area (Å²) in [6.45, 7) is 2.20. The number of nitrogens with one attached hydrogen (secondary N) is 1. The second-order valence-corrected chi connectivity index (χ2v) is 7.22. The van der Waals surface area contributed by atoms with Gasteiger partial charge in [0.2, 0.25) is 5.62 Å². The van der Waals surface area contributed by atoms with Crippen LogP contribution in [0.5, 0.6) is 11.5 Å². The van der Waals surface area contributed by atoms with Crippen LogP contribution in [0.15, 0.2) is 81.6 Å². The molecule has 0 unspecified atom stereocenters. The van der Waals surface area contributed by atoms with E-state index in [0.29, 0.717) is 22.2 Å². The van der Waals surface area contributed by atoms with Crippen LogP contribution in [0.1, 0.15) is 12.5 Å². The molecule has 0 aliphatic carbocycles. The monoisotopic (exact) mass is 450 g/mol. The molecule has 0 aliphatic rings. The number of ether oxygens (including phenoxy) is 1. The molecule has 0 bridgehead atoms. The summed E-state index contributed by atoms with van der Waals surface area (Å²) >= 11 is 5.96. The van der Waals surface area contributed by atoms with Crippen LogP contribution in [0.3, 0.4) is 0 Å². The maximum atomic E-state index is 12.9. The highest BCUT2D eigenvalue weighted by atomic mass is 35.5. The van der Waals surface area contributed by atoms with Crippen LogP contribution in [0.4, 0.5) is 5.69 Å². The number of hydrogen-bond donors (Lipinski definition) is 1. The quantitative estimate of drug-likeness (QED) is 0.486. The Hall–Kier alpha value is -3.98. The fraction of sp³-hybridized carbons (Fsp3) is 0.136. The van der Waals surface area contributed by atoms with Crippen LogP contribution in [0.2, 0.25) is 5.02 Å².